The van der Waals surface area contributed by atoms with E-state index in [9.17, 15) is 26.3 Å². The minimum absolute atomic E-state index is 0.0123. The van der Waals surface area contributed by atoms with Crippen LogP contribution in [0.25, 0.3) is 33.9 Å². The van der Waals surface area contributed by atoms with Crippen molar-refractivity contribution in [2.45, 2.75) is 12.4 Å². The third-order valence-electron chi connectivity index (χ3n) is 4.86. The third kappa shape index (κ3) is 4.50. The zero-order chi connectivity index (χ0) is 25.5. The maximum absolute atomic E-state index is 13.8. The van der Waals surface area contributed by atoms with Gasteiger partial charge in [0, 0.05) is 17.3 Å². The van der Waals surface area contributed by atoms with Gasteiger partial charge in [0.05, 0.1) is 21.3 Å². The maximum atomic E-state index is 13.8. The van der Waals surface area contributed by atoms with Crippen LogP contribution < -0.4 is 14.2 Å². The van der Waals surface area contributed by atoms with Gasteiger partial charge < -0.3 is 19.2 Å². The van der Waals surface area contributed by atoms with E-state index in [0.29, 0.717) is 11.6 Å². The molecule has 1 aromatic carbocycles. The van der Waals surface area contributed by atoms with Crippen LogP contribution in [0.3, 0.4) is 0 Å². The summed E-state index contributed by atoms with van der Waals surface area (Å²) in [5, 5.41) is 0. The Kier molecular flexibility index (Phi) is 5.90. The molecule has 0 atom stereocenters. The van der Waals surface area contributed by atoms with Gasteiger partial charge in [0.1, 0.15) is 17.0 Å². The average Bonchev–Trinajstić information content (AvgIpc) is 3.25. The molecule has 184 valence electrons. The SMILES string of the molecule is COc1cc(-c2nc3c(C(F)(F)F)nc(-c4ccc(C(F)(F)F)nc4)nc3[nH]2)cc(OC)c1OC. The van der Waals surface area contributed by atoms with E-state index >= 15 is 0 Å². The molecule has 1 N–H and O–H groups in total. The number of fused-ring (bicyclic) bond motifs is 1. The van der Waals surface area contributed by atoms with Crippen LogP contribution >= 0.6 is 0 Å². The van der Waals surface area contributed by atoms with Crippen molar-refractivity contribution in [1.82, 2.24) is 24.9 Å². The van der Waals surface area contributed by atoms with Gasteiger partial charge in [0.15, 0.2) is 28.7 Å². The number of hydrogen-bond donors (Lipinski definition) is 1. The van der Waals surface area contributed by atoms with Gasteiger partial charge in [0.2, 0.25) is 5.75 Å². The second kappa shape index (κ2) is 8.60. The first-order valence-electron chi connectivity index (χ1n) is 9.65. The number of methoxy groups -OCH3 is 3. The third-order valence-corrected chi connectivity index (χ3v) is 4.86. The molecule has 0 aliphatic heterocycles. The first-order valence-corrected chi connectivity index (χ1v) is 9.65. The fraction of sp³-hybridized carbons (Fsp3) is 0.238. The van der Waals surface area contributed by atoms with Crippen LogP contribution in [0.1, 0.15) is 11.4 Å². The number of imidazole rings is 1. The van der Waals surface area contributed by atoms with Crippen molar-refractivity contribution in [1.29, 1.82) is 0 Å². The molecular formula is C21H15F6N5O3. The molecule has 0 aliphatic rings. The summed E-state index contributed by atoms with van der Waals surface area (Å²) in [5.74, 6) is 0.248. The van der Waals surface area contributed by atoms with Crippen LogP contribution in [0.2, 0.25) is 0 Å². The largest absolute Gasteiger partial charge is 0.493 e. The van der Waals surface area contributed by atoms with Gasteiger partial charge in [-0.3, -0.25) is 4.98 Å². The Morgan fingerprint density at radius 2 is 1.43 bits per heavy atom. The lowest BCUT2D eigenvalue weighted by Crippen LogP contribution is -2.11. The molecular weight excluding hydrogens is 484 g/mol. The van der Waals surface area contributed by atoms with E-state index < -0.39 is 35.1 Å². The fourth-order valence-corrected chi connectivity index (χ4v) is 3.27. The highest BCUT2D eigenvalue weighted by Gasteiger charge is 2.38. The monoisotopic (exact) mass is 499 g/mol. The van der Waals surface area contributed by atoms with Crippen LogP contribution in [-0.4, -0.2) is 46.2 Å². The molecule has 4 rings (SSSR count). The molecule has 0 aliphatic carbocycles. The molecule has 0 bridgehead atoms. The number of hydrogen-bond acceptors (Lipinski definition) is 7. The van der Waals surface area contributed by atoms with Gasteiger partial charge in [-0.1, -0.05) is 0 Å². The van der Waals surface area contributed by atoms with E-state index in [1.807, 2.05) is 0 Å². The molecule has 0 fully saturated rings. The van der Waals surface area contributed by atoms with Gasteiger partial charge in [-0.15, -0.1) is 0 Å². The summed E-state index contributed by atoms with van der Waals surface area (Å²) in [6, 6.07) is 4.51. The van der Waals surface area contributed by atoms with Crippen LogP contribution in [0.4, 0.5) is 26.3 Å². The molecule has 3 heterocycles. The minimum Gasteiger partial charge on any atom is -0.493 e. The Morgan fingerprint density at radius 1 is 0.771 bits per heavy atom. The quantitative estimate of drug-likeness (QED) is 0.380. The predicted octanol–water partition coefficient (Wildman–Crippen LogP) is 5.15. The molecule has 3 aromatic heterocycles. The Hall–Kier alpha value is -4.10. The number of halogens is 6. The van der Waals surface area contributed by atoms with Crippen molar-refractivity contribution in [3.63, 3.8) is 0 Å². The molecule has 0 spiro atoms. The summed E-state index contributed by atoms with van der Waals surface area (Å²) in [6.07, 6.45) is -8.89. The van der Waals surface area contributed by atoms with Gasteiger partial charge in [0.25, 0.3) is 0 Å². The molecule has 14 heteroatoms. The summed E-state index contributed by atoms with van der Waals surface area (Å²) >= 11 is 0. The Labute approximate surface area is 192 Å². The molecule has 4 aromatic rings. The van der Waals surface area contributed by atoms with E-state index in [2.05, 4.69) is 24.9 Å². The molecule has 0 amide bonds. The van der Waals surface area contributed by atoms with Gasteiger partial charge in [-0.25, -0.2) is 15.0 Å². The number of nitrogens with one attached hydrogen (secondary N) is 1. The zero-order valence-corrected chi connectivity index (χ0v) is 18.2. The zero-order valence-electron chi connectivity index (χ0n) is 18.2. The van der Waals surface area contributed by atoms with Crippen molar-refractivity contribution >= 4 is 11.2 Å². The summed E-state index contributed by atoms with van der Waals surface area (Å²) in [5.41, 5.74) is -3.29. The number of aromatic nitrogens is 5. The summed E-state index contributed by atoms with van der Waals surface area (Å²) in [4.78, 5) is 17.5. The Bertz CT molecular complexity index is 1360. The lowest BCUT2D eigenvalue weighted by Gasteiger charge is -2.13. The van der Waals surface area contributed by atoms with E-state index in [4.69, 9.17) is 14.2 Å². The highest BCUT2D eigenvalue weighted by atomic mass is 19.4. The average molecular weight is 499 g/mol. The molecule has 0 saturated carbocycles. The Balaban J connectivity index is 1.89. The maximum Gasteiger partial charge on any atom is 0.435 e. The topological polar surface area (TPSA) is 95.0 Å². The van der Waals surface area contributed by atoms with Gasteiger partial charge in [-0.05, 0) is 24.3 Å². The summed E-state index contributed by atoms with van der Waals surface area (Å²) < 4.78 is 95.6. The molecule has 35 heavy (non-hydrogen) atoms. The number of ether oxygens (including phenoxy) is 3. The molecule has 0 radical (unpaired) electrons. The normalized spacial score (nSPS) is 12.1. The number of benzene rings is 1. The smallest absolute Gasteiger partial charge is 0.435 e. The van der Waals surface area contributed by atoms with Crippen molar-refractivity contribution in [2.75, 3.05) is 21.3 Å². The van der Waals surface area contributed by atoms with Crippen molar-refractivity contribution in [2.24, 2.45) is 0 Å². The number of H-pyrrole nitrogens is 1. The fourth-order valence-electron chi connectivity index (χ4n) is 3.27. The van der Waals surface area contributed by atoms with Gasteiger partial charge >= 0.3 is 12.4 Å². The Morgan fingerprint density at radius 3 is 1.91 bits per heavy atom. The predicted molar refractivity (Wildman–Crippen MR) is 110 cm³/mol. The van der Waals surface area contributed by atoms with E-state index in [1.54, 1.807) is 0 Å². The number of rotatable bonds is 5. The molecule has 8 nitrogen and oxygen atoms in total. The summed E-state index contributed by atoms with van der Waals surface area (Å²) in [6.45, 7) is 0. The van der Waals surface area contributed by atoms with Crippen molar-refractivity contribution < 1.29 is 40.6 Å². The van der Waals surface area contributed by atoms with E-state index in [1.165, 1.54) is 33.5 Å². The molecule has 0 unspecified atom stereocenters. The van der Waals surface area contributed by atoms with Crippen molar-refractivity contribution in [3.8, 4) is 40.0 Å². The molecule has 0 saturated heterocycles. The van der Waals surface area contributed by atoms with Gasteiger partial charge in [-0.2, -0.15) is 26.3 Å². The van der Waals surface area contributed by atoms with E-state index in [0.717, 1.165) is 12.3 Å². The first-order chi connectivity index (χ1) is 16.5. The lowest BCUT2D eigenvalue weighted by molar-refractivity contribution is -0.141. The van der Waals surface area contributed by atoms with Crippen molar-refractivity contribution in [3.05, 3.63) is 41.9 Å². The van der Waals surface area contributed by atoms with E-state index in [-0.39, 0.29) is 34.3 Å². The number of aromatic amines is 1. The van der Waals surface area contributed by atoms with Crippen LogP contribution in [0, 0.1) is 0 Å². The highest BCUT2D eigenvalue weighted by molar-refractivity contribution is 5.81. The first kappa shape index (κ1) is 24.0. The second-order valence-electron chi connectivity index (χ2n) is 7.02. The van der Waals surface area contributed by atoms with Crippen LogP contribution in [0.15, 0.2) is 30.5 Å². The standard InChI is InChI=1S/C21H15F6N5O3/c1-33-11-6-10(7-12(34-2)15(11)35-3)18-29-14-16(21(25,26)27)30-17(31-19(14)32-18)9-4-5-13(28-8-9)20(22,23)24/h4-8H,1-3H3,(H,29,30,31,32). The second-order valence-corrected chi connectivity index (χ2v) is 7.02. The number of alkyl halides is 6. The highest BCUT2D eigenvalue weighted by Crippen LogP contribution is 2.41. The van der Waals surface area contributed by atoms with Crippen LogP contribution in [0.5, 0.6) is 17.2 Å². The minimum atomic E-state index is -4.93. The number of pyridine rings is 1. The summed E-state index contributed by atoms with van der Waals surface area (Å²) in [7, 11) is 4.14. The van der Waals surface area contributed by atoms with Crippen LogP contribution in [-0.2, 0) is 12.4 Å². The lowest BCUT2D eigenvalue weighted by atomic mass is 10.1. The number of nitrogens with zero attached hydrogens (tertiary/aromatic N) is 4.